The van der Waals surface area contributed by atoms with Crippen molar-refractivity contribution < 1.29 is 96.3 Å². The Morgan fingerprint density at radius 2 is 1.25 bits per heavy atom. The first kappa shape index (κ1) is 53.8. The van der Waals surface area contributed by atoms with E-state index in [2.05, 4.69) is 27.4 Å². The molecule has 5 saturated carbocycles. The molecule has 5 aliphatic carbocycles. The maximum Gasteiger partial charge on any atom is 0.397 e. The summed E-state index contributed by atoms with van der Waals surface area (Å²) in [6, 6.07) is 0. The van der Waals surface area contributed by atoms with Crippen molar-refractivity contribution in [3.8, 4) is 0 Å². The molecule has 3 aliphatic heterocycles. The second-order valence-electron chi connectivity index (χ2n) is 23.4. The minimum Gasteiger partial charge on any atom is -0.432 e. The first-order valence-corrected chi connectivity index (χ1v) is 26.3. The number of allylic oxidation sites excluding steroid dienone is 1. The Labute approximate surface area is 404 Å². The summed E-state index contributed by atoms with van der Waals surface area (Å²) < 4.78 is 75.3. The summed E-state index contributed by atoms with van der Waals surface area (Å²) in [5, 5.41) is 96.8. The average molecular weight is 1010 g/mol. The minimum absolute atomic E-state index is 0.0295. The zero-order valence-electron chi connectivity index (χ0n) is 40.8. The van der Waals surface area contributed by atoms with Crippen LogP contribution in [0.4, 0.5) is 0 Å². The number of aliphatic hydroxyl groups is 9. The number of rotatable bonds is 11. The molecular formula is C48H78O20S. The van der Waals surface area contributed by atoms with Crippen molar-refractivity contribution in [1.82, 2.24) is 0 Å². The highest BCUT2D eigenvalue weighted by Gasteiger charge is 2.73. The third-order valence-electron chi connectivity index (χ3n) is 19.9. The van der Waals surface area contributed by atoms with Crippen LogP contribution in [0.5, 0.6) is 0 Å². The number of ether oxygens (including phenoxy) is 6. The molecule has 0 aromatic rings. The van der Waals surface area contributed by atoms with E-state index in [-0.39, 0.29) is 45.8 Å². The molecule has 8 rings (SSSR count). The highest BCUT2D eigenvalue weighted by atomic mass is 32.3. The minimum atomic E-state index is -4.66. The van der Waals surface area contributed by atoms with E-state index in [1.54, 1.807) is 0 Å². The SMILES string of the molecule is C=C(C)[C@@H]1CC[C@]2(C(=O)O[C@H]3O[C@H](CO)[C@@H](O)[C@H](O[C@@H]4O[C@@H](C)[C@H](O)[C@@H](O)[C@H]4O)[C@H]3O[C@H]3O[C@H](CO)[C@@H](O)[C@H](O)[C@H]3O)CC[C@]3(C)[C@H](CC[C@@H]4[C@@]5(C)CC[C@H](OS(=O)(=O)O)C(C)(C)[C@@H]5CC[C@]43C)[C@@H]12. The van der Waals surface area contributed by atoms with Gasteiger partial charge in [-0.1, -0.05) is 46.8 Å². The van der Waals surface area contributed by atoms with Crippen molar-refractivity contribution in [2.75, 3.05) is 13.2 Å². The molecule has 0 unspecified atom stereocenters. The topological polar surface area (TPSA) is 318 Å². The lowest BCUT2D eigenvalue weighted by atomic mass is 9.32. The van der Waals surface area contributed by atoms with E-state index in [1.165, 1.54) is 6.92 Å². The monoisotopic (exact) mass is 1010 g/mol. The molecule has 0 aromatic heterocycles. The molecule has 69 heavy (non-hydrogen) atoms. The van der Waals surface area contributed by atoms with Gasteiger partial charge in [0.15, 0.2) is 18.7 Å². The molecule has 0 aromatic carbocycles. The van der Waals surface area contributed by atoms with Crippen molar-refractivity contribution >= 4 is 16.4 Å². The predicted molar refractivity (Wildman–Crippen MR) is 239 cm³/mol. The van der Waals surface area contributed by atoms with Crippen LogP contribution < -0.4 is 0 Å². The molecule has 396 valence electrons. The molecule has 10 N–H and O–H groups in total. The molecule has 0 amide bonds. The van der Waals surface area contributed by atoms with Crippen molar-refractivity contribution in [1.29, 1.82) is 0 Å². The van der Waals surface area contributed by atoms with Gasteiger partial charge in [0.2, 0.25) is 6.29 Å². The summed E-state index contributed by atoms with van der Waals surface area (Å²) >= 11 is 0. The molecule has 3 saturated heterocycles. The standard InChI is InChI=1S/C48H78O20S/c1-21(2)23-11-16-48(18-17-46(7)24(30(23)48)9-10-28-45(6)14-13-29(68-69(59,60)61)44(4,5)27(45)12-15-47(28,46)8)43(58)67-42-39(66-41-37(57)35(55)32(52)25(19-49)63-41)38(33(53)26(20-50)64-42)65-40-36(56)34(54)31(51)22(3)62-40/h22-42,49-57H,1,9-20H2,2-8H3,(H,59,60,61)/t22-,23-,24+,25+,26+,27-,28+,29-,30+,31-,32+,33+,34+,35-,36+,37+,38-,39+,40-,41+,42+,45-,46+,47+,48-/m0/s1. The van der Waals surface area contributed by atoms with Gasteiger partial charge in [0.05, 0.1) is 30.8 Å². The van der Waals surface area contributed by atoms with Gasteiger partial charge >= 0.3 is 16.4 Å². The van der Waals surface area contributed by atoms with Crippen molar-refractivity contribution in [3.63, 3.8) is 0 Å². The van der Waals surface area contributed by atoms with Gasteiger partial charge in [-0.25, -0.2) is 4.18 Å². The third-order valence-corrected chi connectivity index (χ3v) is 20.4. The highest BCUT2D eigenvalue weighted by molar-refractivity contribution is 7.80. The summed E-state index contributed by atoms with van der Waals surface area (Å²) in [6.45, 7) is 17.4. The Morgan fingerprint density at radius 1 is 0.652 bits per heavy atom. The quantitative estimate of drug-likeness (QED) is 0.0779. The Kier molecular flexibility index (Phi) is 14.8. The molecule has 0 radical (unpaired) electrons. The van der Waals surface area contributed by atoms with E-state index in [1.807, 2.05) is 20.8 Å². The van der Waals surface area contributed by atoms with Crippen molar-refractivity contribution in [2.24, 2.45) is 56.7 Å². The third kappa shape index (κ3) is 8.69. The summed E-state index contributed by atoms with van der Waals surface area (Å²) in [5.74, 6) is -0.533. The van der Waals surface area contributed by atoms with E-state index in [9.17, 15) is 58.9 Å². The smallest absolute Gasteiger partial charge is 0.397 e. The second kappa shape index (κ2) is 19.0. The largest absolute Gasteiger partial charge is 0.432 e. The average Bonchev–Trinajstić information content (AvgIpc) is 3.69. The maximum absolute atomic E-state index is 15.5. The van der Waals surface area contributed by atoms with Crippen LogP contribution in [-0.2, 0) is 47.8 Å². The number of hydrogen-bond acceptors (Lipinski definition) is 19. The van der Waals surface area contributed by atoms with Gasteiger partial charge in [0, 0.05) is 0 Å². The van der Waals surface area contributed by atoms with Crippen LogP contribution in [0.2, 0.25) is 0 Å². The van der Waals surface area contributed by atoms with Gasteiger partial charge in [0.25, 0.3) is 0 Å². The van der Waals surface area contributed by atoms with Crippen LogP contribution >= 0.6 is 0 Å². The fourth-order valence-electron chi connectivity index (χ4n) is 16.1. The fraction of sp³-hybridized carbons (Fsp3) is 0.938. The van der Waals surface area contributed by atoms with Crippen LogP contribution in [0.3, 0.4) is 0 Å². The second-order valence-corrected chi connectivity index (χ2v) is 24.5. The summed E-state index contributed by atoms with van der Waals surface area (Å²) in [6.07, 6.45) is -19.5. The lowest BCUT2D eigenvalue weighted by Crippen LogP contribution is -2.68. The van der Waals surface area contributed by atoms with Crippen LogP contribution in [0, 0.1) is 56.7 Å². The molecular weight excluding hydrogens is 929 g/mol. The van der Waals surface area contributed by atoms with Crippen LogP contribution in [0.1, 0.15) is 113 Å². The molecule has 20 nitrogen and oxygen atoms in total. The number of carbonyl (C=O) groups is 1. The van der Waals surface area contributed by atoms with Crippen LogP contribution in [-0.4, -0.2) is 176 Å². The van der Waals surface area contributed by atoms with Gasteiger partial charge in [-0.2, -0.15) is 8.42 Å². The molecule has 3 heterocycles. The summed E-state index contributed by atoms with van der Waals surface area (Å²) in [4.78, 5) is 15.5. The molecule has 8 aliphatic rings. The van der Waals surface area contributed by atoms with E-state index in [4.69, 9.17) is 32.6 Å². The van der Waals surface area contributed by atoms with E-state index in [0.717, 1.165) is 37.7 Å². The van der Waals surface area contributed by atoms with Gasteiger partial charge in [-0.05, 0) is 129 Å². The number of aliphatic hydroxyl groups excluding tert-OH is 9. The van der Waals surface area contributed by atoms with Gasteiger partial charge < -0.3 is 74.4 Å². The van der Waals surface area contributed by atoms with Gasteiger partial charge in [0.1, 0.15) is 61.0 Å². The number of esters is 1. The van der Waals surface area contributed by atoms with Crippen molar-refractivity contribution in [3.05, 3.63) is 12.2 Å². The van der Waals surface area contributed by atoms with Gasteiger partial charge in [-0.3, -0.25) is 9.35 Å². The molecule has 8 fully saturated rings. The Morgan fingerprint density at radius 3 is 1.87 bits per heavy atom. The first-order chi connectivity index (χ1) is 32.1. The zero-order valence-corrected chi connectivity index (χ0v) is 41.6. The van der Waals surface area contributed by atoms with Crippen LogP contribution in [0.15, 0.2) is 12.2 Å². The van der Waals surface area contributed by atoms with E-state index < -0.39 is 139 Å². The predicted octanol–water partition coefficient (Wildman–Crippen LogP) is 0.851. The van der Waals surface area contributed by atoms with Crippen LogP contribution in [0.25, 0.3) is 0 Å². The molecule has 21 heteroatoms. The fourth-order valence-corrected chi connectivity index (χ4v) is 16.7. The Hall–Kier alpha value is -1.48. The highest BCUT2D eigenvalue weighted by Crippen LogP contribution is 2.78. The molecule has 0 bridgehead atoms. The Bertz CT molecular complexity index is 2010. The molecule has 0 spiro atoms. The first-order valence-electron chi connectivity index (χ1n) is 24.9. The maximum atomic E-state index is 15.5. The zero-order chi connectivity index (χ0) is 50.7. The lowest BCUT2D eigenvalue weighted by molar-refractivity contribution is -0.387. The summed E-state index contributed by atoms with van der Waals surface area (Å²) in [7, 11) is -4.66. The van der Waals surface area contributed by atoms with E-state index in [0.29, 0.717) is 32.1 Å². The van der Waals surface area contributed by atoms with E-state index >= 15 is 4.79 Å². The number of hydrogen-bond donors (Lipinski definition) is 10. The summed E-state index contributed by atoms with van der Waals surface area (Å²) in [5.41, 5.74) is -1.32. The Balaban J connectivity index is 1.12. The molecule has 25 atom stereocenters. The van der Waals surface area contributed by atoms with Gasteiger partial charge in [-0.15, -0.1) is 0 Å². The number of carbonyl (C=O) groups excluding carboxylic acids is 1. The lowest BCUT2D eigenvalue weighted by Gasteiger charge is -2.72. The van der Waals surface area contributed by atoms with Crippen molar-refractivity contribution in [2.45, 2.75) is 211 Å². The normalized spacial score (nSPS) is 53.0. The number of fused-ring (bicyclic) bond motifs is 7.